The van der Waals surface area contributed by atoms with E-state index in [4.69, 9.17) is 0 Å². The number of rotatable bonds is 2. The summed E-state index contributed by atoms with van der Waals surface area (Å²) in [6.07, 6.45) is 4.35. The van der Waals surface area contributed by atoms with Crippen molar-refractivity contribution in [2.24, 2.45) is 0 Å². The van der Waals surface area contributed by atoms with Crippen LogP contribution in [0.4, 0.5) is 0 Å². The van der Waals surface area contributed by atoms with Crippen molar-refractivity contribution in [1.82, 2.24) is 10.6 Å². The van der Waals surface area contributed by atoms with Gasteiger partial charge in [-0.15, -0.1) is 0 Å². The maximum atomic E-state index is 12.1. The largest absolute Gasteiger partial charge is 0.352 e. The number of nitrogens with one attached hydrogen (secondary N) is 2. The maximum Gasteiger partial charge on any atom is 0.240 e. The molecule has 86 valence electrons. The van der Waals surface area contributed by atoms with Gasteiger partial charge in [0.1, 0.15) is 0 Å². The molecule has 0 bridgehead atoms. The first-order valence-electron chi connectivity index (χ1n) is 5.84. The van der Waals surface area contributed by atoms with E-state index >= 15 is 0 Å². The van der Waals surface area contributed by atoms with E-state index in [-0.39, 0.29) is 11.4 Å². The van der Waals surface area contributed by atoms with Crippen molar-refractivity contribution in [3.63, 3.8) is 0 Å². The molecular weight excluding hydrogens is 208 g/mol. The Bertz CT molecular complexity index is 233. The van der Waals surface area contributed by atoms with Crippen LogP contribution in [-0.4, -0.2) is 35.5 Å². The standard InChI is InChI=1S/C11H20N2OS/c1-11(5-2-6-12-11)10(14)13-9-3-7-15-8-4-9/h9,12H,2-8H2,1H3,(H,13,14). The van der Waals surface area contributed by atoms with Gasteiger partial charge >= 0.3 is 0 Å². The predicted octanol–water partition coefficient (Wildman–Crippen LogP) is 1.14. The van der Waals surface area contributed by atoms with Crippen molar-refractivity contribution in [1.29, 1.82) is 0 Å². The average Bonchev–Trinajstić information content (AvgIpc) is 2.68. The van der Waals surface area contributed by atoms with Gasteiger partial charge in [0, 0.05) is 6.04 Å². The lowest BCUT2D eigenvalue weighted by Gasteiger charge is -2.29. The van der Waals surface area contributed by atoms with E-state index in [2.05, 4.69) is 10.6 Å². The Morgan fingerprint density at radius 3 is 2.80 bits per heavy atom. The lowest BCUT2D eigenvalue weighted by Crippen LogP contribution is -2.54. The number of hydrogen-bond acceptors (Lipinski definition) is 3. The van der Waals surface area contributed by atoms with E-state index in [1.807, 2.05) is 18.7 Å². The molecule has 2 heterocycles. The van der Waals surface area contributed by atoms with Crippen LogP contribution < -0.4 is 10.6 Å². The van der Waals surface area contributed by atoms with Crippen LogP contribution in [0.1, 0.15) is 32.6 Å². The minimum atomic E-state index is -0.301. The maximum absolute atomic E-state index is 12.1. The van der Waals surface area contributed by atoms with Crippen LogP contribution >= 0.6 is 11.8 Å². The molecule has 0 saturated carbocycles. The first-order chi connectivity index (χ1) is 7.21. The fourth-order valence-corrected chi connectivity index (χ4v) is 3.38. The second-order valence-corrected chi connectivity index (χ2v) is 5.95. The second kappa shape index (κ2) is 4.74. The van der Waals surface area contributed by atoms with Gasteiger partial charge in [0.15, 0.2) is 0 Å². The predicted molar refractivity (Wildman–Crippen MR) is 64.1 cm³/mol. The third-order valence-electron chi connectivity index (χ3n) is 3.43. The highest BCUT2D eigenvalue weighted by Gasteiger charge is 2.36. The van der Waals surface area contributed by atoms with Crippen LogP contribution in [-0.2, 0) is 4.79 Å². The van der Waals surface area contributed by atoms with Crippen molar-refractivity contribution in [2.45, 2.75) is 44.2 Å². The molecular formula is C11H20N2OS. The molecule has 0 aliphatic carbocycles. The SMILES string of the molecule is CC1(C(=O)NC2CCSCC2)CCCN1. The van der Waals surface area contributed by atoms with E-state index in [9.17, 15) is 4.79 Å². The Morgan fingerprint density at radius 1 is 1.47 bits per heavy atom. The van der Waals surface area contributed by atoms with Gasteiger partial charge in [-0.3, -0.25) is 4.79 Å². The Hall–Kier alpha value is -0.220. The third-order valence-corrected chi connectivity index (χ3v) is 4.48. The number of amides is 1. The first kappa shape index (κ1) is 11.3. The number of thioether (sulfide) groups is 1. The zero-order valence-corrected chi connectivity index (χ0v) is 10.2. The second-order valence-electron chi connectivity index (χ2n) is 4.72. The average molecular weight is 228 g/mol. The van der Waals surface area contributed by atoms with Crippen molar-refractivity contribution in [3.8, 4) is 0 Å². The highest BCUT2D eigenvalue weighted by molar-refractivity contribution is 7.99. The molecule has 1 unspecified atom stereocenters. The molecule has 15 heavy (non-hydrogen) atoms. The summed E-state index contributed by atoms with van der Waals surface area (Å²) in [4.78, 5) is 12.1. The molecule has 1 amide bonds. The van der Waals surface area contributed by atoms with Crippen LogP contribution in [0.15, 0.2) is 0 Å². The van der Waals surface area contributed by atoms with E-state index < -0.39 is 0 Å². The van der Waals surface area contributed by atoms with Crippen LogP contribution in [0.5, 0.6) is 0 Å². The fourth-order valence-electron chi connectivity index (χ4n) is 2.28. The summed E-state index contributed by atoms with van der Waals surface area (Å²) >= 11 is 1.99. The third kappa shape index (κ3) is 2.67. The number of carbonyl (C=O) groups excluding carboxylic acids is 1. The Labute approximate surface area is 95.8 Å². The van der Waals surface area contributed by atoms with Gasteiger partial charge in [-0.05, 0) is 50.7 Å². The molecule has 2 aliphatic rings. The summed E-state index contributed by atoms with van der Waals surface area (Å²) in [6.45, 7) is 3.00. The number of hydrogen-bond donors (Lipinski definition) is 2. The van der Waals surface area contributed by atoms with Gasteiger partial charge in [-0.2, -0.15) is 11.8 Å². The lowest BCUT2D eigenvalue weighted by atomic mass is 9.98. The summed E-state index contributed by atoms with van der Waals surface area (Å²) in [5.74, 6) is 2.58. The minimum absolute atomic E-state index is 0.205. The van der Waals surface area contributed by atoms with Gasteiger partial charge < -0.3 is 10.6 Å². The van der Waals surface area contributed by atoms with E-state index in [1.165, 1.54) is 11.5 Å². The first-order valence-corrected chi connectivity index (χ1v) is 7.00. The zero-order valence-electron chi connectivity index (χ0n) is 9.34. The minimum Gasteiger partial charge on any atom is -0.352 e. The monoisotopic (exact) mass is 228 g/mol. The van der Waals surface area contributed by atoms with Crippen LogP contribution in [0, 0.1) is 0 Å². The summed E-state index contributed by atoms with van der Waals surface area (Å²) in [5, 5.41) is 6.49. The van der Waals surface area contributed by atoms with E-state index in [0.717, 1.165) is 32.2 Å². The summed E-state index contributed by atoms with van der Waals surface area (Å²) in [7, 11) is 0. The molecule has 2 rings (SSSR count). The Kier molecular flexibility index (Phi) is 3.57. The van der Waals surface area contributed by atoms with E-state index in [0.29, 0.717) is 6.04 Å². The topological polar surface area (TPSA) is 41.1 Å². The van der Waals surface area contributed by atoms with Gasteiger partial charge in [-0.25, -0.2) is 0 Å². The molecule has 2 aliphatic heterocycles. The zero-order chi connectivity index (χ0) is 10.7. The Balaban J connectivity index is 1.85. The molecule has 1 atom stereocenters. The molecule has 4 heteroatoms. The van der Waals surface area contributed by atoms with Crippen molar-refractivity contribution in [3.05, 3.63) is 0 Å². The van der Waals surface area contributed by atoms with Gasteiger partial charge in [0.2, 0.25) is 5.91 Å². The fraction of sp³-hybridized carbons (Fsp3) is 0.909. The molecule has 0 spiro atoms. The molecule has 2 saturated heterocycles. The van der Waals surface area contributed by atoms with Crippen LogP contribution in [0.3, 0.4) is 0 Å². The smallest absolute Gasteiger partial charge is 0.240 e. The van der Waals surface area contributed by atoms with Crippen LogP contribution in [0.25, 0.3) is 0 Å². The quantitative estimate of drug-likeness (QED) is 0.745. The number of carbonyl (C=O) groups is 1. The molecule has 3 nitrogen and oxygen atoms in total. The summed E-state index contributed by atoms with van der Waals surface area (Å²) < 4.78 is 0. The normalized spacial score (nSPS) is 32.9. The Morgan fingerprint density at radius 2 is 2.20 bits per heavy atom. The van der Waals surface area contributed by atoms with Crippen molar-refractivity contribution < 1.29 is 4.79 Å². The molecule has 0 aromatic heterocycles. The highest BCUT2D eigenvalue weighted by Crippen LogP contribution is 2.21. The summed E-state index contributed by atoms with van der Waals surface area (Å²) in [5.41, 5.74) is -0.301. The van der Waals surface area contributed by atoms with Crippen molar-refractivity contribution >= 4 is 17.7 Å². The van der Waals surface area contributed by atoms with Gasteiger partial charge in [0.25, 0.3) is 0 Å². The summed E-state index contributed by atoms with van der Waals surface area (Å²) in [6, 6.07) is 0.415. The molecule has 0 aromatic rings. The van der Waals surface area contributed by atoms with E-state index in [1.54, 1.807) is 0 Å². The van der Waals surface area contributed by atoms with Crippen molar-refractivity contribution in [2.75, 3.05) is 18.1 Å². The van der Waals surface area contributed by atoms with Gasteiger partial charge in [0.05, 0.1) is 5.54 Å². The highest BCUT2D eigenvalue weighted by atomic mass is 32.2. The molecule has 0 radical (unpaired) electrons. The van der Waals surface area contributed by atoms with Gasteiger partial charge in [-0.1, -0.05) is 0 Å². The molecule has 0 aromatic carbocycles. The molecule has 2 fully saturated rings. The van der Waals surface area contributed by atoms with Crippen LogP contribution in [0.2, 0.25) is 0 Å². The lowest BCUT2D eigenvalue weighted by molar-refractivity contribution is -0.127. The molecule has 2 N–H and O–H groups in total.